The minimum atomic E-state index is 0.189. The van der Waals surface area contributed by atoms with Crippen LogP contribution >= 0.6 is 0 Å². The Kier molecular flexibility index (Phi) is 6.47. The molecule has 1 rings (SSSR count). The molecule has 2 N–H and O–H groups in total. The summed E-state index contributed by atoms with van der Waals surface area (Å²) in [5.74, 6) is 0.189. The second-order valence-corrected chi connectivity index (χ2v) is 4.64. The molecule has 1 atom stereocenters. The van der Waals surface area contributed by atoms with Gasteiger partial charge in [-0.25, -0.2) is 0 Å². The van der Waals surface area contributed by atoms with E-state index in [1.165, 1.54) is 0 Å². The van der Waals surface area contributed by atoms with Crippen molar-refractivity contribution in [3.8, 4) is 0 Å². The normalized spacial score (nSPS) is 19.4. The summed E-state index contributed by atoms with van der Waals surface area (Å²) in [7, 11) is 0. The maximum Gasteiger partial charge on any atom is 0.236 e. The number of amides is 1. The molecule has 1 unspecified atom stereocenters. The van der Waals surface area contributed by atoms with E-state index in [4.69, 9.17) is 5.11 Å². The van der Waals surface area contributed by atoms with E-state index in [-0.39, 0.29) is 12.5 Å². The fourth-order valence-electron chi connectivity index (χ4n) is 1.88. The van der Waals surface area contributed by atoms with Crippen LogP contribution in [0.25, 0.3) is 0 Å². The first kappa shape index (κ1) is 14.4. The van der Waals surface area contributed by atoms with Gasteiger partial charge in [0, 0.05) is 38.8 Å². The van der Waals surface area contributed by atoms with E-state index in [1.807, 2.05) is 4.90 Å². The van der Waals surface area contributed by atoms with Crippen molar-refractivity contribution in [1.82, 2.24) is 15.1 Å². The van der Waals surface area contributed by atoms with Crippen LogP contribution < -0.4 is 5.32 Å². The highest BCUT2D eigenvalue weighted by atomic mass is 16.3. The Morgan fingerprint density at radius 2 is 2.00 bits per heavy atom. The Morgan fingerprint density at radius 3 is 2.53 bits per heavy atom. The number of carbonyl (C=O) groups is 1. The molecule has 1 aliphatic rings. The number of nitrogens with zero attached hydrogens (tertiary/aromatic N) is 2. The summed E-state index contributed by atoms with van der Waals surface area (Å²) < 4.78 is 0. The van der Waals surface area contributed by atoms with E-state index in [1.54, 1.807) is 0 Å². The van der Waals surface area contributed by atoms with E-state index < -0.39 is 0 Å². The number of carbonyl (C=O) groups excluding carboxylic acids is 1. The summed E-state index contributed by atoms with van der Waals surface area (Å²) in [4.78, 5) is 16.0. The lowest BCUT2D eigenvalue weighted by Gasteiger charge is -2.34. The third-order valence-electron chi connectivity index (χ3n) is 3.36. The molecule has 5 nitrogen and oxygen atoms in total. The standard InChI is InChI=1S/C12H25N3O2/c1-3-11(2)13-10-12(17)15-6-4-14(5-7-15)8-9-16/h11,13,16H,3-10H2,1-2H3. The number of aliphatic hydroxyl groups is 1. The van der Waals surface area contributed by atoms with Crippen LogP contribution in [-0.4, -0.2) is 72.7 Å². The number of piperazine rings is 1. The Morgan fingerprint density at radius 1 is 1.35 bits per heavy atom. The lowest BCUT2D eigenvalue weighted by Crippen LogP contribution is -2.51. The third-order valence-corrected chi connectivity index (χ3v) is 3.36. The maximum atomic E-state index is 11.9. The van der Waals surface area contributed by atoms with Crippen LogP contribution in [0.3, 0.4) is 0 Å². The molecule has 1 fully saturated rings. The van der Waals surface area contributed by atoms with E-state index in [9.17, 15) is 4.79 Å². The van der Waals surface area contributed by atoms with Gasteiger partial charge >= 0.3 is 0 Å². The van der Waals surface area contributed by atoms with Crippen LogP contribution in [0, 0.1) is 0 Å². The van der Waals surface area contributed by atoms with Gasteiger partial charge in [-0.1, -0.05) is 6.92 Å². The van der Waals surface area contributed by atoms with Crippen LogP contribution in [0.4, 0.5) is 0 Å². The molecule has 1 saturated heterocycles. The monoisotopic (exact) mass is 243 g/mol. The average Bonchev–Trinajstić information content (AvgIpc) is 2.36. The smallest absolute Gasteiger partial charge is 0.236 e. The molecule has 17 heavy (non-hydrogen) atoms. The summed E-state index contributed by atoms with van der Waals surface area (Å²) in [6.07, 6.45) is 1.04. The number of rotatable bonds is 6. The lowest BCUT2D eigenvalue weighted by atomic mass is 10.2. The molecular formula is C12H25N3O2. The van der Waals surface area contributed by atoms with Gasteiger partial charge in [0.2, 0.25) is 5.91 Å². The Bertz CT molecular complexity index is 228. The van der Waals surface area contributed by atoms with Gasteiger partial charge in [-0.05, 0) is 13.3 Å². The van der Waals surface area contributed by atoms with Crippen molar-refractivity contribution in [2.75, 3.05) is 45.9 Å². The molecule has 5 heteroatoms. The highest BCUT2D eigenvalue weighted by Gasteiger charge is 2.20. The van der Waals surface area contributed by atoms with Crippen molar-refractivity contribution in [1.29, 1.82) is 0 Å². The summed E-state index contributed by atoms with van der Waals surface area (Å²) in [5, 5.41) is 12.1. The van der Waals surface area contributed by atoms with E-state index in [0.29, 0.717) is 19.1 Å². The molecule has 1 amide bonds. The predicted molar refractivity (Wildman–Crippen MR) is 67.9 cm³/mol. The van der Waals surface area contributed by atoms with Crippen molar-refractivity contribution in [2.45, 2.75) is 26.3 Å². The highest BCUT2D eigenvalue weighted by Crippen LogP contribution is 2.01. The molecule has 0 saturated carbocycles. The molecule has 0 spiro atoms. The van der Waals surface area contributed by atoms with Crippen LogP contribution in [0.2, 0.25) is 0 Å². The van der Waals surface area contributed by atoms with E-state index in [2.05, 4.69) is 24.1 Å². The molecular weight excluding hydrogens is 218 g/mol. The van der Waals surface area contributed by atoms with Gasteiger partial charge in [-0.3, -0.25) is 9.69 Å². The van der Waals surface area contributed by atoms with E-state index >= 15 is 0 Å². The van der Waals surface area contributed by atoms with Crippen molar-refractivity contribution >= 4 is 5.91 Å². The number of hydrogen-bond donors (Lipinski definition) is 2. The van der Waals surface area contributed by atoms with Gasteiger partial charge in [-0.15, -0.1) is 0 Å². The van der Waals surface area contributed by atoms with Crippen LogP contribution in [0.5, 0.6) is 0 Å². The minimum Gasteiger partial charge on any atom is -0.395 e. The first-order valence-corrected chi connectivity index (χ1v) is 6.51. The van der Waals surface area contributed by atoms with Crippen molar-refractivity contribution in [3.05, 3.63) is 0 Å². The van der Waals surface area contributed by atoms with Crippen LogP contribution in [-0.2, 0) is 4.79 Å². The highest BCUT2D eigenvalue weighted by molar-refractivity contribution is 5.78. The quantitative estimate of drug-likeness (QED) is 0.661. The summed E-state index contributed by atoms with van der Waals surface area (Å²) in [6, 6.07) is 0.398. The topological polar surface area (TPSA) is 55.8 Å². The fraction of sp³-hybridized carbons (Fsp3) is 0.917. The molecule has 0 radical (unpaired) electrons. The molecule has 1 aliphatic heterocycles. The molecule has 1 heterocycles. The summed E-state index contributed by atoms with van der Waals surface area (Å²) >= 11 is 0. The number of β-amino-alcohol motifs (C(OH)–C–C–N with tert-alkyl or cyclic N) is 1. The van der Waals surface area contributed by atoms with Crippen LogP contribution in [0.1, 0.15) is 20.3 Å². The first-order chi connectivity index (χ1) is 8.17. The van der Waals surface area contributed by atoms with E-state index in [0.717, 1.165) is 32.6 Å². The second-order valence-electron chi connectivity index (χ2n) is 4.64. The lowest BCUT2D eigenvalue weighted by molar-refractivity contribution is -0.132. The maximum absolute atomic E-state index is 11.9. The minimum absolute atomic E-state index is 0.189. The van der Waals surface area contributed by atoms with Gasteiger partial charge in [-0.2, -0.15) is 0 Å². The van der Waals surface area contributed by atoms with Crippen molar-refractivity contribution < 1.29 is 9.90 Å². The molecule has 0 bridgehead atoms. The second kappa shape index (κ2) is 7.63. The zero-order valence-electron chi connectivity index (χ0n) is 11.0. The molecule has 0 aromatic heterocycles. The molecule has 0 aliphatic carbocycles. The largest absolute Gasteiger partial charge is 0.395 e. The summed E-state index contributed by atoms with van der Waals surface area (Å²) in [6.45, 7) is 8.85. The fourth-order valence-corrected chi connectivity index (χ4v) is 1.88. The summed E-state index contributed by atoms with van der Waals surface area (Å²) in [5.41, 5.74) is 0. The van der Waals surface area contributed by atoms with Gasteiger partial charge in [0.15, 0.2) is 0 Å². The Labute approximate surface area is 104 Å². The zero-order chi connectivity index (χ0) is 12.7. The van der Waals surface area contributed by atoms with Crippen molar-refractivity contribution in [3.63, 3.8) is 0 Å². The van der Waals surface area contributed by atoms with Gasteiger partial charge in [0.05, 0.1) is 13.2 Å². The SMILES string of the molecule is CCC(C)NCC(=O)N1CCN(CCO)CC1. The predicted octanol–water partition coefficient (Wildman–Crippen LogP) is -0.489. The van der Waals surface area contributed by atoms with Gasteiger partial charge in [0.25, 0.3) is 0 Å². The third kappa shape index (κ3) is 5.02. The number of nitrogens with one attached hydrogen (secondary N) is 1. The van der Waals surface area contributed by atoms with Gasteiger partial charge in [0.1, 0.15) is 0 Å². The number of aliphatic hydroxyl groups excluding tert-OH is 1. The number of hydrogen-bond acceptors (Lipinski definition) is 4. The van der Waals surface area contributed by atoms with Crippen molar-refractivity contribution in [2.24, 2.45) is 0 Å². The molecule has 0 aromatic rings. The zero-order valence-corrected chi connectivity index (χ0v) is 11.0. The first-order valence-electron chi connectivity index (χ1n) is 6.51. The van der Waals surface area contributed by atoms with Crippen LogP contribution in [0.15, 0.2) is 0 Å². The van der Waals surface area contributed by atoms with Gasteiger partial charge < -0.3 is 15.3 Å². The molecule has 100 valence electrons. The Balaban J connectivity index is 2.21. The Hall–Kier alpha value is -0.650. The molecule has 0 aromatic carbocycles. The average molecular weight is 243 g/mol.